The maximum absolute atomic E-state index is 13.0. The summed E-state index contributed by atoms with van der Waals surface area (Å²) in [4.78, 5) is 27.9. The van der Waals surface area contributed by atoms with Crippen molar-refractivity contribution in [1.29, 1.82) is 0 Å². The zero-order valence-corrected chi connectivity index (χ0v) is 14.3. The second-order valence-electron chi connectivity index (χ2n) is 6.94. The van der Waals surface area contributed by atoms with Crippen molar-refractivity contribution in [3.8, 4) is 0 Å². The normalized spacial score (nSPS) is 19.7. The molecule has 0 aliphatic carbocycles. The number of nitrogens with zero attached hydrogens (tertiary/aromatic N) is 5. The zero-order chi connectivity index (χ0) is 18.1. The minimum Gasteiger partial charge on any atom is -0.338 e. The molecule has 2 fully saturated rings. The highest BCUT2D eigenvalue weighted by atomic mass is 19.1. The van der Waals surface area contributed by atoms with Gasteiger partial charge in [-0.2, -0.15) is 0 Å². The number of carbonyl (C=O) groups is 2. The van der Waals surface area contributed by atoms with E-state index in [0.717, 1.165) is 25.1 Å². The molecule has 4 rings (SSSR count). The third kappa shape index (κ3) is 3.44. The van der Waals surface area contributed by atoms with E-state index in [-0.39, 0.29) is 23.5 Å². The zero-order valence-electron chi connectivity index (χ0n) is 14.3. The van der Waals surface area contributed by atoms with Gasteiger partial charge in [0.05, 0.1) is 6.20 Å². The van der Waals surface area contributed by atoms with Gasteiger partial charge in [0.15, 0.2) is 5.69 Å². The van der Waals surface area contributed by atoms with Crippen LogP contribution in [-0.2, 0) is 17.9 Å². The summed E-state index contributed by atoms with van der Waals surface area (Å²) in [6.45, 7) is 3.20. The first kappa shape index (κ1) is 16.7. The molecule has 0 N–H and O–H groups in total. The molecule has 2 aliphatic heterocycles. The molecule has 0 spiro atoms. The fourth-order valence-corrected chi connectivity index (χ4v) is 3.37. The van der Waals surface area contributed by atoms with Gasteiger partial charge in [-0.1, -0.05) is 17.3 Å². The van der Waals surface area contributed by atoms with Crippen LogP contribution in [0.3, 0.4) is 0 Å². The van der Waals surface area contributed by atoms with E-state index in [2.05, 4.69) is 10.3 Å². The predicted octanol–water partition coefficient (Wildman–Crippen LogP) is 1.31. The second-order valence-corrected chi connectivity index (χ2v) is 6.94. The lowest BCUT2D eigenvalue weighted by Crippen LogP contribution is -2.42. The largest absolute Gasteiger partial charge is 0.338 e. The van der Waals surface area contributed by atoms with Crippen LogP contribution in [-0.4, -0.2) is 56.2 Å². The van der Waals surface area contributed by atoms with Crippen LogP contribution in [0, 0.1) is 11.7 Å². The molecule has 1 aromatic carbocycles. The molecule has 136 valence electrons. The van der Waals surface area contributed by atoms with Gasteiger partial charge in [-0.25, -0.2) is 4.39 Å². The molecular weight excluding hydrogens is 337 g/mol. The third-order valence-corrected chi connectivity index (χ3v) is 4.93. The van der Waals surface area contributed by atoms with Crippen molar-refractivity contribution in [1.82, 2.24) is 24.8 Å². The summed E-state index contributed by atoms with van der Waals surface area (Å²) in [7, 11) is 0. The lowest BCUT2D eigenvalue weighted by Gasteiger charge is -2.29. The summed E-state index contributed by atoms with van der Waals surface area (Å²) in [5.74, 6) is -0.162. The molecule has 1 unspecified atom stereocenters. The molecule has 7 nitrogen and oxygen atoms in total. The number of rotatable bonds is 5. The van der Waals surface area contributed by atoms with E-state index in [4.69, 9.17) is 0 Å². The van der Waals surface area contributed by atoms with Gasteiger partial charge in [-0.3, -0.25) is 14.3 Å². The molecule has 2 aromatic rings. The molecule has 26 heavy (non-hydrogen) atoms. The molecule has 3 heterocycles. The van der Waals surface area contributed by atoms with Crippen LogP contribution in [0.25, 0.3) is 0 Å². The fourth-order valence-electron chi connectivity index (χ4n) is 3.37. The van der Waals surface area contributed by atoms with Crippen LogP contribution >= 0.6 is 0 Å². The molecule has 8 heteroatoms. The summed E-state index contributed by atoms with van der Waals surface area (Å²) < 4.78 is 14.6. The quantitative estimate of drug-likeness (QED) is 0.809. The van der Waals surface area contributed by atoms with Crippen LogP contribution in [0.4, 0.5) is 4.39 Å². The highest BCUT2D eigenvalue weighted by Crippen LogP contribution is 2.22. The van der Waals surface area contributed by atoms with Crippen molar-refractivity contribution in [2.75, 3.05) is 19.6 Å². The van der Waals surface area contributed by atoms with Gasteiger partial charge in [-0.15, -0.1) is 5.10 Å². The maximum Gasteiger partial charge on any atom is 0.276 e. The fraction of sp³-hybridized carbons (Fsp3) is 0.444. The van der Waals surface area contributed by atoms with Gasteiger partial charge < -0.3 is 9.80 Å². The molecule has 0 radical (unpaired) electrons. The standard InChI is InChI=1S/C18H20FN5O2/c19-15-4-2-13(3-5-15)9-23-10-14(8-17(23)25)11-24-12-16(20-21-24)18(26)22-6-1-7-22/h2-5,12,14H,1,6-11H2. The SMILES string of the molecule is O=C1CC(Cn2cc(C(=O)N3CCC3)nn2)CN1Cc1ccc(F)cc1. The summed E-state index contributed by atoms with van der Waals surface area (Å²) in [6.07, 6.45) is 3.14. The van der Waals surface area contributed by atoms with Crippen LogP contribution in [0.1, 0.15) is 28.9 Å². The Hall–Kier alpha value is -2.77. The number of aromatic nitrogens is 3. The maximum atomic E-state index is 13.0. The van der Waals surface area contributed by atoms with Gasteiger partial charge in [0.1, 0.15) is 5.82 Å². The van der Waals surface area contributed by atoms with Crippen LogP contribution in [0.5, 0.6) is 0 Å². The van der Waals surface area contributed by atoms with Gasteiger partial charge in [0.2, 0.25) is 5.91 Å². The Morgan fingerprint density at radius 1 is 1.23 bits per heavy atom. The molecule has 0 saturated carbocycles. The van der Waals surface area contributed by atoms with Crippen LogP contribution in [0.15, 0.2) is 30.5 Å². The van der Waals surface area contributed by atoms with E-state index < -0.39 is 0 Å². The van der Waals surface area contributed by atoms with E-state index in [1.807, 2.05) is 0 Å². The minimum atomic E-state index is -0.283. The van der Waals surface area contributed by atoms with Crippen LogP contribution < -0.4 is 0 Å². The second kappa shape index (κ2) is 6.86. The average molecular weight is 357 g/mol. The Morgan fingerprint density at radius 3 is 2.69 bits per heavy atom. The van der Waals surface area contributed by atoms with E-state index in [0.29, 0.717) is 31.7 Å². The summed E-state index contributed by atoms with van der Waals surface area (Å²) in [5, 5.41) is 8.00. The Morgan fingerprint density at radius 2 is 2.00 bits per heavy atom. The first-order valence-corrected chi connectivity index (χ1v) is 8.80. The van der Waals surface area contributed by atoms with Gasteiger partial charge in [0, 0.05) is 45.1 Å². The number of hydrogen-bond donors (Lipinski definition) is 0. The Bertz CT molecular complexity index is 815. The number of hydrogen-bond acceptors (Lipinski definition) is 4. The number of likely N-dealkylation sites (tertiary alicyclic amines) is 2. The van der Waals surface area contributed by atoms with Gasteiger partial charge in [0.25, 0.3) is 5.91 Å². The van der Waals surface area contributed by atoms with Crippen LogP contribution in [0.2, 0.25) is 0 Å². The van der Waals surface area contributed by atoms with E-state index in [1.54, 1.807) is 32.8 Å². The lowest BCUT2D eigenvalue weighted by atomic mass is 10.1. The first-order chi connectivity index (χ1) is 12.6. The Labute approximate surface area is 150 Å². The van der Waals surface area contributed by atoms with Crippen molar-refractivity contribution in [2.45, 2.75) is 25.9 Å². The molecule has 1 atom stereocenters. The summed E-state index contributed by atoms with van der Waals surface area (Å²) in [5.41, 5.74) is 1.26. The van der Waals surface area contributed by atoms with Gasteiger partial charge >= 0.3 is 0 Å². The monoisotopic (exact) mass is 357 g/mol. The highest BCUT2D eigenvalue weighted by Gasteiger charge is 2.30. The molecule has 0 bridgehead atoms. The molecule has 2 amide bonds. The van der Waals surface area contributed by atoms with Crippen molar-refractivity contribution < 1.29 is 14.0 Å². The molecule has 2 saturated heterocycles. The van der Waals surface area contributed by atoms with Crippen molar-refractivity contribution in [2.24, 2.45) is 5.92 Å². The Kier molecular flexibility index (Phi) is 4.40. The van der Waals surface area contributed by atoms with Crippen molar-refractivity contribution in [3.63, 3.8) is 0 Å². The first-order valence-electron chi connectivity index (χ1n) is 8.80. The molecule has 2 aliphatic rings. The van der Waals surface area contributed by atoms with Crippen molar-refractivity contribution >= 4 is 11.8 Å². The highest BCUT2D eigenvalue weighted by molar-refractivity contribution is 5.92. The third-order valence-electron chi connectivity index (χ3n) is 4.93. The number of halogens is 1. The smallest absolute Gasteiger partial charge is 0.276 e. The van der Waals surface area contributed by atoms with Gasteiger partial charge in [-0.05, 0) is 24.1 Å². The number of carbonyl (C=O) groups excluding carboxylic acids is 2. The lowest BCUT2D eigenvalue weighted by molar-refractivity contribution is -0.128. The van der Waals surface area contributed by atoms with E-state index in [9.17, 15) is 14.0 Å². The summed E-state index contributed by atoms with van der Waals surface area (Å²) in [6, 6.07) is 6.20. The molecular formula is C18H20FN5O2. The van der Waals surface area contributed by atoms with E-state index >= 15 is 0 Å². The minimum absolute atomic E-state index is 0.0799. The summed E-state index contributed by atoms with van der Waals surface area (Å²) >= 11 is 0. The number of benzene rings is 1. The topological polar surface area (TPSA) is 71.3 Å². The number of amides is 2. The average Bonchev–Trinajstić information content (AvgIpc) is 3.15. The van der Waals surface area contributed by atoms with E-state index in [1.165, 1.54) is 12.1 Å². The predicted molar refractivity (Wildman–Crippen MR) is 90.5 cm³/mol. The van der Waals surface area contributed by atoms with Crippen molar-refractivity contribution in [3.05, 3.63) is 47.5 Å². The Balaban J connectivity index is 1.34. The molecule has 1 aromatic heterocycles.